The van der Waals surface area contributed by atoms with E-state index in [4.69, 9.17) is 0 Å². The lowest BCUT2D eigenvalue weighted by Gasteiger charge is -2.20. The van der Waals surface area contributed by atoms with E-state index in [0.29, 0.717) is 0 Å². The molecule has 0 spiro atoms. The largest absolute Gasteiger partial charge is 0.355 e. The van der Waals surface area contributed by atoms with Crippen molar-refractivity contribution >= 4 is 22.1 Å². The van der Waals surface area contributed by atoms with Crippen LogP contribution in [0.5, 0.6) is 0 Å². The van der Waals surface area contributed by atoms with Crippen molar-refractivity contribution in [3.05, 3.63) is 71.8 Å². The second kappa shape index (κ2) is 4.13. The standard InChI is InChI=1S/C18H15N/c1-2-6-17-14(4-1)5-3-7-18(17)19-16-11-10-13-8-9-15(13)12-16/h1-7,10-12,19H,8-9H2. The normalized spacial score (nSPS) is 12.8. The minimum Gasteiger partial charge on any atom is -0.355 e. The van der Waals surface area contributed by atoms with Gasteiger partial charge in [-0.05, 0) is 47.6 Å². The summed E-state index contributed by atoms with van der Waals surface area (Å²) in [5.41, 5.74) is 5.36. The molecule has 3 aromatic carbocycles. The maximum atomic E-state index is 3.55. The number of aryl methyl sites for hydroxylation is 2. The molecule has 3 aromatic rings. The number of fused-ring (bicyclic) bond motifs is 2. The van der Waals surface area contributed by atoms with Gasteiger partial charge in [0.2, 0.25) is 0 Å². The molecule has 4 rings (SSSR count). The Morgan fingerprint density at radius 3 is 2.42 bits per heavy atom. The molecule has 1 aliphatic rings. The Hall–Kier alpha value is -2.28. The molecule has 0 aromatic heterocycles. The van der Waals surface area contributed by atoms with E-state index in [1.165, 1.54) is 46.1 Å². The molecule has 1 heteroatoms. The average molecular weight is 245 g/mol. The van der Waals surface area contributed by atoms with E-state index in [9.17, 15) is 0 Å². The van der Waals surface area contributed by atoms with Crippen molar-refractivity contribution in [2.24, 2.45) is 0 Å². The van der Waals surface area contributed by atoms with Crippen LogP contribution < -0.4 is 5.32 Å². The number of benzene rings is 3. The monoisotopic (exact) mass is 245 g/mol. The zero-order chi connectivity index (χ0) is 12.7. The number of hydrogen-bond donors (Lipinski definition) is 1. The van der Waals surface area contributed by atoms with Gasteiger partial charge in [-0.25, -0.2) is 0 Å². The highest BCUT2D eigenvalue weighted by molar-refractivity contribution is 5.95. The summed E-state index contributed by atoms with van der Waals surface area (Å²) in [5.74, 6) is 0. The first-order chi connectivity index (χ1) is 9.40. The average Bonchev–Trinajstić information content (AvgIpc) is 2.42. The number of hydrogen-bond acceptors (Lipinski definition) is 1. The molecule has 1 aliphatic carbocycles. The molecule has 0 aliphatic heterocycles. The molecule has 0 bridgehead atoms. The van der Waals surface area contributed by atoms with Crippen LogP contribution in [0.1, 0.15) is 11.1 Å². The Balaban J connectivity index is 1.76. The Labute approximate surface area is 112 Å². The third-order valence-corrected chi connectivity index (χ3v) is 3.94. The molecule has 92 valence electrons. The van der Waals surface area contributed by atoms with Crippen LogP contribution in [0.3, 0.4) is 0 Å². The lowest BCUT2D eigenvalue weighted by atomic mass is 9.88. The van der Waals surface area contributed by atoms with Crippen LogP contribution in [0.15, 0.2) is 60.7 Å². The lowest BCUT2D eigenvalue weighted by Crippen LogP contribution is -2.08. The molecule has 1 N–H and O–H groups in total. The van der Waals surface area contributed by atoms with E-state index in [-0.39, 0.29) is 0 Å². The Kier molecular flexibility index (Phi) is 2.31. The fourth-order valence-corrected chi connectivity index (χ4v) is 2.76. The molecular formula is C18H15N. The minimum absolute atomic E-state index is 1.18. The Morgan fingerprint density at radius 2 is 1.58 bits per heavy atom. The second-order valence-electron chi connectivity index (χ2n) is 5.14. The van der Waals surface area contributed by atoms with Gasteiger partial charge in [-0.15, -0.1) is 0 Å². The van der Waals surface area contributed by atoms with Crippen LogP contribution in [-0.4, -0.2) is 0 Å². The quantitative estimate of drug-likeness (QED) is 0.691. The maximum absolute atomic E-state index is 3.55. The topological polar surface area (TPSA) is 12.0 Å². The molecule has 0 amide bonds. The number of rotatable bonds is 2. The molecular weight excluding hydrogens is 230 g/mol. The zero-order valence-corrected chi connectivity index (χ0v) is 10.7. The van der Waals surface area contributed by atoms with Crippen molar-refractivity contribution in [2.75, 3.05) is 5.32 Å². The van der Waals surface area contributed by atoms with E-state index < -0.39 is 0 Å². The van der Waals surface area contributed by atoms with Crippen molar-refractivity contribution in [1.82, 2.24) is 0 Å². The fraction of sp³-hybridized carbons (Fsp3) is 0.111. The van der Waals surface area contributed by atoms with Gasteiger partial charge >= 0.3 is 0 Å². The summed E-state index contributed by atoms with van der Waals surface area (Å²) in [6.07, 6.45) is 2.46. The summed E-state index contributed by atoms with van der Waals surface area (Å²) in [7, 11) is 0. The molecule has 0 unspecified atom stereocenters. The minimum atomic E-state index is 1.18. The molecule has 0 saturated heterocycles. The molecule has 0 fully saturated rings. The first-order valence-corrected chi connectivity index (χ1v) is 6.77. The van der Waals surface area contributed by atoms with Crippen LogP contribution in [0, 0.1) is 0 Å². The summed E-state index contributed by atoms with van der Waals surface area (Å²) in [6, 6.07) is 21.6. The van der Waals surface area contributed by atoms with Crippen LogP contribution in [0.25, 0.3) is 10.8 Å². The van der Waals surface area contributed by atoms with Gasteiger partial charge < -0.3 is 5.32 Å². The van der Waals surface area contributed by atoms with Crippen molar-refractivity contribution in [2.45, 2.75) is 12.8 Å². The van der Waals surface area contributed by atoms with Gasteiger partial charge in [0.15, 0.2) is 0 Å². The zero-order valence-electron chi connectivity index (χ0n) is 10.7. The molecule has 0 heterocycles. The van der Waals surface area contributed by atoms with Gasteiger partial charge in [0.25, 0.3) is 0 Å². The summed E-state index contributed by atoms with van der Waals surface area (Å²) < 4.78 is 0. The fourth-order valence-electron chi connectivity index (χ4n) is 2.76. The Morgan fingerprint density at radius 1 is 0.737 bits per heavy atom. The van der Waals surface area contributed by atoms with Crippen LogP contribution >= 0.6 is 0 Å². The van der Waals surface area contributed by atoms with E-state index in [1.807, 2.05) is 0 Å². The predicted molar refractivity (Wildman–Crippen MR) is 81.1 cm³/mol. The van der Waals surface area contributed by atoms with Gasteiger partial charge in [-0.2, -0.15) is 0 Å². The van der Waals surface area contributed by atoms with Crippen molar-refractivity contribution in [3.8, 4) is 0 Å². The van der Waals surface area contributed by atoms with Crippen LogP contribution in [0.2, 0.25) is 0 Å². The molecule has 0 radical (unpaired) electrons. The summed E-state index contributed by atoms with van der Waals surface area (Å²) in [5, 5.41) is 6.09. The molecule has 1 nitrogen and oxygen atoms in total. The van der Waals surface area contributed by atoms with Crippen molar-refractivity contribution in [1.29, 1.82) is 0 Å². The molecule has 0 saturated carbocycles. The lowest BCUT2D eigenvalue weighted by molar-refractivity contribution is 0.840. The van der Waals surface area contributed by atoms with Crippen molar-refractivity contribution < 1.29 is 0 Å². The predicted octanol–water partition coefficient (Wildman–Crippen LogP) is 4.68. The third kappa shape index (κ3) is 1.78. The first-order valence-electron chi connectivity index (χ1n) is 6.77. The van der Waals surface area contributed by atoms with E-state index in [2.05, 4.69) is 66.0 Å². The van der Waals surface area contributed by atoms with Crippen LogP contribution in [0.4, 0.5) is 11.4 Å². The van der Waals surface area contributed by atoms with Gasteiger partial charge in [0.1, 0.15) is 0 Å². The summed E-state index contributed by atoms with van der Waals surface area (Å²) >= 11 is 0. The third-order valence-electron chi connectivity index (χ3n) is 3.94. The summed E-state index contributed by atoms with van der Waals surface area (Å²) in [6.45, 7) is 0. The second-order valence-corrected chi connectivity index (χ2v) is 5.14. The maximum Gasteiger partial charge on any atom is 0.0463 e. The smallest absolute Gasteiger partial charge is 0.0463 e. The molecule has 19 heavy (non-hydrogen) atoms. The van der Waals surface area contributed by atoms with Crippen LogP contribution in [-0.2, 0) is 12.8 Å². The number of nitrogens with one attached hydrogen (secondary N) is 1. The van der Waals surface area contributed by atoms with E-state index in [0.717, 1.165) is 0 Å². The highest BCUT2D eigenvalue weighted by Crippen LogP contribution is 2.30. The highest BCUT2D eigenvalue weighted by atomic mass is 14.9. The van der Waals surface area contributed by atoms with E-state index >= 15 is 0 Å². The number of anilines is 2. The highest BCUT2D eigenvalue weighted by Gasteiger charge is 2.12. The van der Waals surface area contributed by atoms with Gasteiger partial charge in [-0.3, -0.25) is 0 Å². The van der Waals surface area contributed by atoms with Gasteiger partial charge in [0, 0.05) is 16.8 Å². The SMILES string of the molecule is c1ccc2c(Nc3ccc4c(c3)CC4)cccc2c1. The van der Waals surface area contributed by atoms with Crippen molar-refractivity contribution in [3.63, 3.8) is 0 Å². The van der Waals surface area contributed by atoms with Gasteiger partial charge in [0.05, 0.1) is 0 Å². The molecule has 0 atom stereocenters. The Bertz CT molecular complexity index is 753. The first kappa shape index (κ1) is 10.6. The van der Waals surface area contributed by atoms with Gasteiger partial charge in [-0.1, -0.05) is 42.5 Å². The summed E-state index contributed by atoms with van der Waals surface area (Å²) in [4.78, 5) is 0. The van der Waals surface area contributed by atoms with E-state index in [1.54, 1.807) is 0 Å².